The van der Waals surface area contributed by atoms with E-state index in [1.54, 1.807) is 0 Å². The van der Waals surface area contributed by atoms with Crippen LogP contribution in [-0.4, -0.2) is 16.0 Å². The van der Waals surface area contributed by atoms with Crippen molar-refractivity contribution in [2.24, 2.45) is 5.73 Å². The molecule has 9 heavy (non-hydrogen) atoms. The van der Waals surface area contributed by atoms with Crippen molar-refractivity contribution in [3.8, 4) is 0 Å². The molecule has 7 heteroatoms. The van der Waals surface area contributed by atoms with Crippen LogP contribution in [0, 0.1) is 0 Å². The zero-order chi connectivity index (χ0) is 6.78. The molecule has 5 nitrogen and oxygen atoms in total. The molecule has 0 spiro atoms. The Morgan fingerprint density at radius 2 is 2.11 bits per heavy atom. The smallest absolute Gasteiger partial charge is 1.00 e. The number of phosphoric ester groups is 1. The summed E-state index contributed by atoms with van der Waals surface area (Å²) < 4.78 is 13.7. The van der Waals surface area contributed by atoms with Gasteiger partial charge in [0.1, 0.15) is 6.23 Å². The molecule has 1 unspecified atom stereocenters. The van der Waals surface area contributed by atoms with Crippen LogP contribution in [0.1, 0.15) is 8.35 Å². The Labute approximate surface area is 76.6 Å². The third kappa shape index (κ3) is 12.3. The van der Waals surface area contributed by atoms with Gasteiger partial charge in [0.05, 0.1) is 0 Å². The Hall–Kier alpha value is 1.07. The van der Waals surface area contributed by atoms with Crippen LogP contribution in [0.5, 0.6) is 0 Å². The minimum atomic E-state index is -4.35. The molecular weight excluding hydrogens is 156 g/mol. The molecule has 0 saturated carbocycles. The molecule has 0 aromatic carbocycles. The van der Waals surface area contributed by atoms with E-state index in [1.807, 2.05) is 0 Å². The second-order valence-corrected chi connectivity index (χ2v) is 2.49. The van der Waals surface area contributed by atoms with Crippen molar-refractivity contribution < 1.29 is 49.9 Å². The van der Waals surface area contributed by atoms with Gasteiger partial charge in [0.25, 0.3) is 0 Å². The summed E-state index contributed by atoms with van der Waals surface area (Å²) in [6.45, 7) is 1.33. The Morgan fingerprint density at radius 1 is 1.78 bits per heavy atom. The first kappa shape index (κ1) is 12.7. The SMILES string of the molecule is CC(N)OP(=O)(O)O.[H-].[Na+]. The minimum absolute atomic E-state index is 0. The zero-order valence-corrected chi connectivity index (χ0v) is 8.21. The molecule has 0 fully saturated rings. The molecule has 1 atom stereocenters. The van der Waals surface area contributed by atoms with E-state index in [0.717, 1.165) is 0 Å². The summed E-state index contributed by atoms with van der Waals surface area (Å²) in [6, 6.07) is 0. The maximum absolute atomic E-state index is 9.83. The van der Waals surface area contributed by atoms with Crippen molar-refractivity contribution in [3.05, 3.63) is 0 Å². The van der Waals surface area contributed by atoms with Crippen LogP contribution < -0.4 is 35.3 Å². The van der Waals surface area contributed by atoms with Gasteiger partial charge in [-0.15, -0.1) is 0 Å². The molecular formula is C2H9NNaO4P. The molecule has 0 aromatic rings. The molecule has 0 rings (SSSR count). The van der Waals surface area contributed by atoms with Crippen LogP contribution in [0.4, 0.5) is 0 Å². The van der Waals surface area contributed by atoms with E-state index in [0.29, 0.717) is 0 Å². The Kier molecular flexibility index (Phi) is 6.81. The monoisotopic (exact) mass is 165 g/mol. The van der Waals surface area contributed by atoms with E-state index >= 15 is 0 Å². The predicted molar refractivity (Wildman–Crippen MR) is 27.9 cm³/mol. The van der Waals surface area contributed by atoms with E-state index in [9.17, 15) is 4.57 Å². The molecule has 52 valence electrons. The topological polar surface area (TPSA) is 92.8 Å². The normalized spacial score (nSPS) is 14.2. The summed E-state index contributed by atoms with van der Waals surface area (Å²) in [6.07, 6.45) is -0.921. The number of hydrogen-bond donors (Lipinski definition) is 3. The zero-order valence-electron chi connectivity index (χ0n) is 6.31. The number of hydrogen-bond acceptors (Lipinski definition) is 3. The van der Waals surface area contributed by atoms with E-state index < -0.39 is 14.1 Å². The Morgan fingerprint density at radius 3 is 2.11 bits per heavy atom. The van der Waals surface area contributed by atoms with Crippen LogP contribution in [0.2, 0.25) is 0 Å². The second kappa shape index (κ2) is 4.82. The van der Waals surface area contributed by atoms with Crippen molar-refractivity contribution in [1.82, 2.24) is 0 Å². The molecule has 0 aliphatic heterocycles. The van der Waals surface area contributed by atoms with Gasteiger partial charge in [-0.3, -0.25) is 4.52 Å². The fourth-order valence-electron chi connectivity index (χ4n) is 0.217. The van der Waals surface area contributed by atoms with E-state index in [1.165, 1.54) is 6.92 Å². The predicted octanol–water partition coefficient (Wildman–Crippen LogP) is -3.48. The van der Waals surface area contributed by atoms with Gasteiger partial charge < -0.3 is 16.9 Å². The summed E-state index contributed by atoms with van der Waals surface area (Å²) in [5.41, 5.74) is 4.86. The minimum Gasteiger partial charge on any atom is -1.00 e. The maximum atomic E-state index is 9.83. The van der Waals surface area contributed by atoms with Crippen LogP contribution in [-0.2, 0) is 9.09 Å². The third-order valence-electron chi connectivity index (χ3n) is 0.304. The Balaban J connectivity index is -0.000000245. The number of rotatable bonds is 2. The first-order chi connectivity index (χ1) is 3.42. The molecule has 0 aromatic heterocycles. The van der Waals surface area contributed by atoms with Crippen molar-refractivity contribution in [1.29, 1.82) is 0 Å². The van der Waals surface area contributed by atoms with Gasteiger partial charge >= 0.3 is 37.4 Å². The largest absolute Gasteiger partial charge is 1.00 e. The van der Waals surface area contributed by atoms with Gasteiger partial charge in [-0.25, -0.2) is 4.57 Å². The fraction of sp³-hybridized carbons (Fsp3) is 1.00. The summed E-state index contributed by atoms with van der Waals surface area (Å²) in [5.74, 6) is 0. The summed E-state index contributed by atoms with van der Waals surface area (Å²) in [4.78, 5) is 16.0. The van der Waals surface area contributed by atoms with Gasteiger partial charge in [0.2, 0.25) is 0 Å². The standard InChI is InChI=1S/C2H8NO4P.Na.H/c1-2(3)7-8(4,5)6;;/h2H,3H2,1H3,(H2,4,5,6);;/q;+1;-1. The first-order valence-corrected chi connectivity index (χ1v) is 3.44. The van der Waals surface area contributed by atoms with Crippen molar-refractivity contribution >= 4 is 7.82 Å². The van der Waals surface area contributed by atoms with Crippen LogP contribution >= 0.6 is 7.82 Å². The summed E-state index contributed by atoms with van der Waals surface area (Å²) in [5, 5.41) is 0. The summed E-state index contributed by atoms with van der Waals surface area (Å²) >= 11 is 0. The number of nitrogens with two attached hydrogens (primary N) is 1. The maximum Gasteiger partial charge on any atom is 1.00 e. The van der Waals surface area contributed by atoms with Crippen LogP contribution in [0.15, 0.2) is 0 Å². The molecule has 0 amide bonds. The molecule has 0 radical (unpaired) electrons. The molecule has 0 heterocycles. The second-order valence-electron chi connectivity index (χ2n) is 1.30. The van der Waals surface area contributed by atoms with Gasteiger partial charge in [-0.1, -0.05) is 0 Å². The van der Waals surface area contributed by atoms with E-state index in [4.69, 9.17) is 15.5 Å². The van der Waals surface area contributed by atoms with Crippen molar-refractivity contribution in [2.75, 3.05) is 0 Å². The fourth-order valence-corrected chi connectivity index (χ4v) is 0.650. The third-order valence-corrected chi connectivity index (χ3v) is 0.911. The quantitative estimate of drug-likeness (QED) is 0.224. The first-order valence-electron chi connectivity index (χ1n) is 1.91. The molecule has 4 N–H and O–H groups in total. The van der Waals surface area contributed by atoms with Gasteiger partial charge in [0, 0.05) is 0 Å². The average molecular weight is 165 g/mol. The molecule has 0 aliphatic carbocycles. The van der Waals surface area contributed by atoms with Gasteiger partial charge in [-0.05, 0) is 6.92 Å². The van der Waals surface area contributed by atoms with E-state index in [-0.39, 0.29) is 31.0 Å². The van der Waals surface area contributed by atoms with E-state index in [2.05, 4.69) is 4.52 Å². The molecule has 0 aliphatic rings. The Bertz CT molecular complexity index is 116. The van der Waals surface area contributed by atoms with Crippen molar-refractivity contribution in [2.45, 2.75) is 13.2 Å². The average Bonchev–Trinajstić information content (AvgIpc) is 1.21. The molecule has 0 saturated heterocycles. The van der Waals surface area contributed by atoms with Gasteiger partial charge in [0.15, 0.2) is 0 Å². The van der Waals surface area contributed by atoms with Crippen LogP contribution in [0.25, 0.3) is 0 Å². The van der Waals surface area contributed by atoms with Crippen molar-refractivity contribution in [3.63, 3.8) is 0 Å². The molecule has 0 bridgehead atoms. The number of phosphoric acid groups is 1. The summed E-state index contributed by atoms with van der Waals surface area (Å²) in [7, 11) is -4.35. The van der Waals surface area contributed by atoms with Gasteiger partial charge in [-0.2, -0.15) is 0 Å². The van der Waals surface area contributed by atoms with Crippen LogP contribution in [0.3, 0.4) is 0 Å².